The highest BCUT2D eigenvalue weighted by atomic mass is 35.5. The van der Waals surface area contributed by atoms with Crippen LogP contribution in [0.1, 0.15) is 37.8 Å². The monoisotopic (exact) mass is 270 g/mol. The molecule has 0 N–H and O–H groups in total. The van der Waals surface area contributed by atoms with E-state index in [0.717, 1.165) is 5.56 Å². The van der Waals surface area contributed by atoms with E-state index in [0.29, 0.717) is 21.7 Å². The second-order valence-corrected chi connectivity index (χ2v) is 5.21. The van der Waals surface area contributed by atoms with Gasteiger partial charge in [-0.2, -0.15) is 0 Å². The highest BCUT2D eigenvalue weighted by Crippen LogP contribution is 2.35. The maximum absolute atomic E-state index is 12.4. The van der Waals surface area contributed by atoms with Crippen molar-refractivity contribution in [2.45, 2.75) is 12.8 Å². The molecule has 0 aromatic heterocycles. The van der Waals surface area contributed by atoms with Gasteiger partial charge in [-0.25, -0.2) is 0 Å². The molecule has 1 aliphatic rings. The molecule has 2 nitrogen and oxygen atoms in total. The van der Waals surface area contributed by atoms with Gasteiger partial charge in [0.15, 0.2) is 11.6 Å². The molecular formula is C16H11ClO2. The van der Waals surface area contributed by atoms with Crippen molar-refractivity contribution >= 4 is 23.2 Å². The summed E-state index contributed by atoms with van der Waals surface area (Å²) >= 11 is 6.01. The second-order valence-electron chi connectivity index (χ2n) is 4.77. The van der Waals surface area contributed by atoms with Gasteiger partial charge in [0.05, 0.1) is 0 Å². The maximum atomic E-state index is 12.4. The molecule has 0 heterocycles. The SMILES string of the molecule is Cc1cc(Cl)cc(C2C(=O)c3ccccc3C2=O)c1. The van der Waals surface area contributed by atoms with Gasteiger partial charge >= 0.3 is 0 Å². The highest BCUT2D eigenvalue weighted by Gasteiger charge is 2.39. The number of carbonyl (C=O) groups is 2. The van der Waals surface area contributed by atoms with Gasteiger partial charge in [0.1, 0.15) is 5.92 Å². The number of fused-ring (bicyclic) bond motifs is 1. The second kappa shape index (κ2) is 4.32. The molecule has 0 bridgehead atoms. The molecule has 0 atom stereocenters. The molecule has 3 rings (SSSR count). The first-order valence-corrected chi connectivity index (χ1v) is 6.40. The van der Waals surface area contributed by atoms with Crippen LogP contribution in [0.2, 0.25) is 5.02 Å². The minimum atomic E-state index is -0.741. The molecule has 0 fully saturated rings. The van der Waals surface area contributed by atoms with Crippen LogP contribution in [0.5, 0.6) is 0 Å². The Bertz CT molecular complexity index is 648. The average molecular weight is 271 g/mol. The van der Waals surface area contributed by atoms with Crippen molar-refractivity contribution in [1.29, 1.82) is 0 Å². The summed E-state index contributed by atoms with van der Waals surface area (Å²) < 4.78 is 0. The average Bonchev–Trinajstić information content (AvgIpc) is 2.61. The van der Waals surface area contributed by atoms with Crippen LogP contribution in [0.25, 0.3) is 0 Å². The number of halogens is 1. The molecule has 19 heavy (non-hydrogen) atoms. The van der Waals surface area contributed by atoms with Crippen LogP contribution >= 0.6 is 11.6 Å². The first-order chi connectivity index (χ1) is 9.08. The van der Waals surface area contributed by atoms with Crippen LogP contribution in [0, 0.1) is 6.92 Å². The van der Waals surface area contributed by atoms with Crippen LogP contribution in [0.15, 0.2) is 42.5 Å². The van der Waals surface area contributed by atoms with Gasteiger partial charge in [-0.1, -0.05) is 41.9 Å². The minimum absolute atomic E-state index is 0.137. The first kappa shape index (κ1) is 12.1. The summed E-state index contributed by atoms with van der Waals surface area (Å²) in [6.07, 6.45) is 0. The molecular weight excluding hydrogens is 260 g/mol. The van der Waals surface area contributed by atoms with Crippen LogP contribution in [0.4, 0.5) is 0 Å². The summed E-state index contributed by atoms with van der Waals surface area (Å²) in [7, 11) is 0. The number of carbonyl (C=O) groups excluding carboxylic acids is 2. The number of rotatable bonds is 1. The van der Waals surface area contributed by atoms with E-state index >= 15 is 0 Å². The standard InChI is InChI=1S/C16H11ClO2/c1-9-6-10(8-11(17)7-9)14-15(18)12-4-2-3-5-13(12)16(14)19/h2-8,14H,1H3. The zero-order valence-corrected chi connectivity index (χ0v) is 11.1. The van der Waals surface area contributed by atoms with E-state index in [9.17, 15) is 9.59 Å². The smallest absolute Gasteiger partial charge is 0.178 e. The Morgan fingerprint density at radius 2 is 1.53 bits per heavy atom. The van der Waals surface area contributed by atoms with Crippen molar-refractivity contribution in [3.05, 3.63) is 69.7 Å². The Morgan fingerprint density at radius 1 is 0.947 bits per heavy atom. The van der Waals surface area contributed by atoms with Gasteiger partial charge in [0.25, 0.3) is 0 Å². The van der Waals surface area contributed by atoms with Crippen LogP contribution in [-0.2, 0) is 0 Å². The van der Waals surface area contributed by atoms with E-state index in [4.69, 9.17) is 11.6 Å². The molecule has 0 radical (unpaired) electrons. The topological polar surface area (TPSA) is 34.1 Å². The number of hydrogen-bond donors (Lipinski definition) is 0. The van der Waals surface area contributed by atoms with Gasteiger partial charge in [0.2, 0.25) is 0 Å². The van der Waals surface area contributed by atoms with Crippen LogP contribution in [0.3, 0.4) is 0 Å². The molecule has 0 saturated carbocycles. The van der Waals surface area contributed by atoms with Crippen molar-refractivity contribution < 1.29 is 9.59 Å². The zero-order chi connectivity index (χ0) is 13.6. The van der Waals surface area contributed by atoms with E-state index in [-0.39, 0.29) is 11.6 Å². The number of Topliss-reactive ketones (excluding diaryl/α,β-unsaturated/α-hetero) is 2. The van der Waals surface area contributed by atoms with Crippen LogP contribution in [-0.4, -0.2) is 11.6 Å². The third-order valence-electron chi connectivity index (χ3n) is 3.38. The normalized spacial score (nSPS) is 14.8. The van der Waals surface area contributed by atoms with E-state index in [1.54, 1.807) is 30.3 Å². The van der Waals surface area contributed by atoms with Gasteiger partial charge in [-0.3, -0.25) is 9.59 Å². The summed E-state index contributed by atoms with van der Waals surface area (Å²) in [6, 6.07) is 12.3. The van der Waals surface area contributed by atoms with E-state index in [2.05, 4.69) is 0 Å². The Balaban J connectivity index is 2.14. The Kier molecular flexibility index (Phi) is 2.76. The maximum Gasteiger partial charge on any atom is 0.178 e. The lowest BCUT2D eigenvalue weighted by Gasteiger charge is -2.09. The van der Waals surface area contributed by atoms with E-state index in [1.165, 1.54) is 0 Å². The lowest BCUT2D eigenvalue weighted by Crippen LogP contribution is -2.13. The molecule has 0 saturated heterocycles. The fraction of sp³-hybridized carbons (Fsp3) is 0.125. The molecule has 0 spiro atoms. The predicted molar refractivity (Wildman–Crippen MR) is 74.0 cm³/mol. The quantitative estimate of drug-likeness (QED) is 0.739. The Morgan fingerprint density at radius 3 is 2.05 bits per heavy atom. The number of benzene rings is 2. The van der Waals surface area contributed by atoms with Gasteiger partial charge in [-0.05, 0) is 30.2 Å². The molecule has 1 aliphatic carbocycles. The fourth-order valence-corrected chi connectivity index (χ4v) is 2.88. The van der Waals surface area contributed by atoms with E-state index < -0.39 is 5.92 Å². The summed E-state index contributed by atoms with van der Waals surface area (Å²) in [5.74, 6) is -1.01. The number of ketones is 2. The van der Waals surface area contributed by atoms with Gasteiger partial charge in [0, 0.05) is 16.1 Å². The van der Waals surface area contributed by atoms with Crippen molar-refractivity contribution in [3.8, 4) is 0 Å². The first-order valence-electron chi connectivity index (χ1n) is 6.02. The summed E-state index contributed by atoms with van der Waals surface area (Å²) in [5, 5.41) is 0.548. The molecule has 94 valence electrons. The fourth-order valence-electron chi connectivity index (χ4n) is 2.58. The molecule has 0 unspecified atom stereocenters. The lowest BCUT2D eigenvalue weighted by atomic mass is 9.93. The zero-order valence-electron chi connectivity index (χ0n) is 10.3. The van der Waals surface area contributed by atoms with Crippen molar-refractivity contribution in [1.82, 2.24) is 0 Å². The molecule has 2 aromatic rings. The lowest BCUT2D eigenvalue weighted by molar-refractivity contribution is 0.0890. The third-order valence-corrected chi connectivity index (χ3v) is 3.60. The Hall–Kier alpha value is -1.93. The highest BCUT2D eigenvalue weighted by molar-refractivity contribution is 6.32. The third kappa shape index (κ3) is 1.89. The van der Waals surface area contributed by atoms with E-state index in [1.807, 2.05) is 19.1 Å². The number of hydrogen-bond acceptors (Lipinski definition) is 2. The molecule has 2 aromatic carbocycles. The molecule has 0 amide bonds. The van der Waals surface area contributed by atoms with Gasteiger partial charge < -0.3 is 0 Å². The molecule has 3 heteroatoms. The van der Waals surface area contributed by atoms with Crippen molar-refractivity contribution in [2.24, 2.45) is 0 Å². The predicted octanol–water partition coefficient (Wildman–Crippen LogP) is 3.81. The van der Waals surface area contributed by atoms with Crippen molar-refractivity contribution in [2.75, 3.05) is 0 Å². The van der Waals surface area contributed by atoms with Crippen LogP contribution < -0.4 is 0 Å². The summed E-state index contributed by atoms with van der Waals surface area (Å²) in [5.41, 5.74) is 2.64. The van der Waals surface area contributed by atoms with Gasteiger partial charge in [-0.15, -0.1) is 0 Å². The molecule has 0 aliphatic heterocycles. The Labute approximate surface area is 116 Å². The van der Waals surface area contributed by atoms with Crippen molar-refractivity contribution in [3.63, 3.8) is 0 Å². The largest absolute Gasteiger partial charge is 0.293 e. The summed E-state index contributed by atoms with van der Waals surface area (Å²) in [6.45, 7) is 1.90. The summed E-state index contributed by atoms with van der Waals surface area (Å²) in [4.78, 5) is 24.7. The minimum Gasteiger partial charge on any atom is -0.293 e. The number of aryl methyl sites for hydroxylation is 1.